The number of hydrogen-bond donors (Lipinski definition) is 2. The van der Waals surface area contributed by atoms with Crippen LogP contribution in [-0.2, 0) is 0 Å². The first kappa shape index (κ1) is 20.6. The van der Waals surface area contributed by atoms with Crippen molar-refractivity contribution in [3.05, 3.63) is 88.9 Å². The molecule has 0 atom stereocenters. The van der Waals surface area contributed by atoms with Crippen LogP contribution in [0.5, 0.6) is 11.5 Å². The lowest BCUT2D eigenvalue weighted by Gasteiger charge is -2.09. The van der Waals surface area contributed by atoms with Crippen LogP contribution in [0.1, 0.15) is 5.56 Å². The Labute approximate surface area is 188 Å². The van der Waals surface area contributed by atoms with Crippen LogP contribution in [-0.4, -0.2) is 28.4 Å². The summed E-state index contributed by atoms with van der Waals surface area (Å²) in [7, 11) is 1.50. The zero-order chi connectivity index (χ0) is 21.6. The van der Waals surface area contributed by atoms with Gasteiger partial charge in [-0.25, -0.2) is 9.97 Å². The van der Waals surface area contributed by atoms with Crippen LogP contribution in [0.25, 0.3) is 22.6 Å². The lowest BCUT2D eigenvalue weighted by molar-refractivity contribution is 0.373. The Bertz CT molecular complexity index is 1210. The molecule has 0 radical (unpaired) electrons. The number of ether oxygens (including phenoxy) is 1. The molecule has 154 valence electrons. The van der Waals surface area contributed by atoms with E-state index < -0.39 is 0 Å². The molecule has 3 aromatic carbocycles. The summed E-state index contributed by atoms with van der Waals surface area (Å²) in [5, 5.41) is 14.5. The molecule has 7 heteroatoms. The largest absolute Gasteiger partial charge is 0.504 e. The van der Waals surface area contributed by atoms with Gasteiger partial charge in [0, 0.05) is 27.2 Å². The van der Waals surface area contributed by atoms with Crippen LogP contribution >= 0.6 is 15.9 Å². The summed E-state index contributed by atoms with van der Waals surface area (Å²) < 4.78 is 6.11. The fourth-order valence-corrected chi connectivity index (χ4v) is 3.23. The lowest BCUT2D eigenvalue weighted by Crippen LogP contribution is -1.99. The summed E-state index contributed by atoms with van der Waals surface area (Å²) in [6.45, 7) is 0. The summed E-state index contributed by atoms with van der Waals surface area (Å²) in [6, 6.07) is 24.7. The Morgan fingerprint density at radius 3 is 2.45 bits per heavy atom. The minimum Gasteiger partial charge on any atom is -0.504 e. The van der Waals surface area contributed by atoms with Crippen molar-refractivity contribution in [3.63, 3.8) is 0 Å². The highest BCUT2D eigenvalue weighted by Gasteiger charge is 2.09. The molecular formula is C24H19BrN4O2. The smallest absolute Gasteiger partial charge is 0.166 e. The van der Waals surface area contributed by atoms with Gasteiger partial charge in [-0.1, -0.05) is 64.5 Å². The van der Waals surface area contributed by atoms with Crippen LogP contribution in [0.15, 0.2) is 88.4 Å². The van der Waals surface area contributed by atoms with Crippen molar-refractivity contribution in [3.8, 4) is 34.1 Å². The van der Waals surface area contributed by atoms with E-state index in [1.165, 1.54) is 13.3 Å². The van der Waals surface area contributed by atoms with Crippen LogP contribution < -0.4 is 10.2 Å². The average Bonchev–Trinajstić information content (AvgIpc) is 2.81. The fraction of sp³-hybridized carbons (Fsp3) is 0.0417. The number of halogens is 1. The molecule has 4 aromatic rings. The molecule has 0 saturated heterocycles. The van der Waals surface area contributed by atoms with Crippen molar-refractivity contribution in [1.29, 1.82) is 0 Å². The van der Waals surface area contributed by atoms with E-state index >= 15 is 0 Å². The standard InChI is InChI=1S/C24H19BrN4O2/c1-31-21-9-5-8-18(23(21)30)15-26-29-22-14-20(16-6-3-2-4-7-16)27-24(28-22)17-10-12-19(25)13-11-17/h2-15,30H,1H3,(H,27,28,29)/b26-15+. The fourth-order valence-electron chi connectivity index (χ4n) is 2.97. The zero-order valence-corrected chi connectivity index (χ0v) is 18.2. The van der Waals surface area contributed by atoms with Gasteiger partial charge in [0.15, 0.2) is 23.1 Å². The minimum absolute atomic E-state index is 0.0266. The van der Waals surface area contributed by atoms with Gasteiger partial charge < -0.3 is 9.84 Å². The van der Waals surface area contributed by atoms with Crippen LogP contribution in [0.3, 0.4) is 0 Å². The number of hydrazone groups is 1. The maximum atomic E-state index is 10.2. The average molecular weight is 475 g/mol. The molecule has 0 aliphatic heterocycles. The Hall–Kier alpha value is -3.71. The Balaban J connectivity index is 1.68. The van der Waals surface area contributed by atoms with Crippen LogP contribution in [0.2, 0.25) is 0 Å². The minimum atomic E-state index is 0.0266. The molecule has 0 amide bonds. The third-order valence-electron chi connectivity index (χ3n) is 4.53. The van der Waals surface area contributed by atoms with Gasteiger partial charge in [0.1, 0.15) is 0 Å². The first-order valence-corrected chi connectivity index (χ1v) is 10.3. The zero-order valence-electron chi connectivity index (χ0n) is 16.7. The Morgan fingerprint density at radius 1 is 0.935 bits per heavy atom. The SMILES string of the molecule is COc1cccc(/C=N/Nc2cc(-c3ccccc3)nc(-c3ccc(Br)cc3)n2)c1O. The monoisotopic (exact) mass is 474 g/mol. The van der Waals surface area contributed by atoms with Gasteiger partial charge in [-0.05, 0) is 24.3 Å². The maximum Gasteiger partial charge on any atom is 0.166 e. The van der Waals surface area contributed by atoms with Gasteiger partial charge in [0.05, 0.1) is 19.0 Å². The van der Waals surface area contributed by atoms with Crippen molar-refractivity contribution < 1.29 is 9.84 Å². The Kier molecular flexibility index (Phi) is 6.24. The summed E-state index contributed by atoms with van der Waals surface area (Å²) in [4.78, 5) is 9.34. The van der Waals surface area contributed by atoms with E-state index in [2.05, 4.69) is 31.4 Å². The lowest BCUT2D eigenvalue weighted by atomic mass is 10.1. The van der Waals surface area contributed by atoms with Gasteiger partial charge in [-0.3, -0.25) is 5.43 Å². The molecule has 0 aliphatic rings. The molecule has 0 unspecified atom stereocenters. The second kappa shape index (κ2) is 9.40. The predicted molar refractivity (Wildman–Crippen MR) is 126 cm³/mol. The second-order valence-electron chi connectivity index (χ2n) is 6.60. The first-order valence-electron chi connectivity index (χ1n) is 9.49. The van der Waals surface area contributed by atoms with Gasteiger partial charge in [-0.2, -0.15) is 5.10 Å². The molecule has 1 aromatic heterocycles. The highest BCUT2D eigenvalue weighted by Crippen LogP contribution is 2.28. The number of phenols is 1. The highest BCUT2D eigenvalue weighted by atomic mass is 79.9. The van der Waals surface area contributed by atoms with E-state index in [4.69, 9.17) is 9.72 Å². The molecule has 0 saturated carbocycles. The molecule has 4 rings (SSSR count). The number of aromatic hydroxyl groups is 1. The summed E-state index contributed by atoms with van der Waals surface area (Å²) in [6.07, 6.45) is 1.52. The third-order valence-corrected chi connectivity index (χ3v) is 5.06. The molecule has 31 heavy (non-hydrogen) atoms. The van der Waals surface area contributed by atoms with Gasteiger partial charge in [0.2, 0.25) is 0 Å². The van der Waals surface area contributed by atoms with Crippen molar-refractivity contribution in [2.24, 2.45) is 5.10 Å². The number of rotatable bonds is 6. The number of phenolic OH excluding ortho intramolecular Hbond substituents is 1. The second-order valence-corrected chi connectivity index (χ2v) is 7.52. The van der Waals surface area contributed by atoms with Crippen LogP contribution in [0, 0.1) is 0 Å². The normalized spacial score (nSPS) is 10.9. The molecule has 6 nitrogen and oxygen atoms in total. The number of nitrogens with one attached hydrogen (secondary N) is 1. The van der Waals surface area contributed by atoms with Gasteiger partial charge >= 0.3 is 0 Å². The van der Waals surface area contributed by atoms with E-state index in [9.17, 15) is 5.11 Å². The van der Waals surface area contributed by atoms with Crippen molar-refractivity contribution in [2.45, 2.75) is 0 Å². The van der Waals surface area contributed by atoms with E-state index in [1.807, 2.05) is 60.7 Å². The molecule has 2 N–H and O–H groups in total. The Morgan fingerprint density at radius 2 is 1.71 bits per heavy atom. The van der Waals surface area contributed by atoms with Gasteiger partial charge in [-0.15, -0.1) is 0 Å². The molecule has 0 aliphatic carbocycles. The first-order chi connectivity index (χ1) is 15.1. The molecule has 0 fully saturated rings. The molecule has 1 heterocycles. The predicted octanol–water partition coefficient (Wildman–Crippen LogP) is 5.73. The van der Waals surface area contributed by atoms with E-state index in [1.54, 1.807) is 18.2 Å². The van der Waals surface area contributed by atoms with E-state index in [0.29, 0.717) is 23.0 Å². The summed E-state index contributed by atoms with van der Waals surface area (Å²) in [5.41, 5.74) is 6.11. The molecule has 0 bridgehead atoms. The van der Waals surface area contributed by atoms with Crippen molar-refractivity contribution >= 4 is 28.0 Å². The topological polar surface area (TPSA) is 79.6 Å². The number of hydrogen-bond acceptors (Lipinski definition) is 6. The number of para-hydroxylation sites is 1. The molecule has 0 spiro atoms. The maximum absolute atomic E-state index is 10.2. The third kappa shape index (κ3) is 4.90. The van der Waals surface area contributed by atoms with Crippen molar-refractivity contribution in [2.75, 3.05) is 12.5 Å². The number of benzene rings is 3. The van der Waals surface area contributed by atoms with Gasteiger partial charge in [0.25, 0.3) is 0 Å². The quantitative estimate of drug-likeness (QED) is 0.275. The molecular weight excluding hydrogens is 456 g/mol. The highest BCUT2D eigenvalue weighted by molar-refractivity contribution is 9.10. The summed E-state index contributed by atoms with van der Waals surface area (Å²) >= 11 is 3.45. The number of anilines is 1. The number of methoxy groups -OCH3 is 1. The van der Waals surface area contributed by atoms with Crippen molar-refractivity contribution in [1.82, 2.24) is 9.97 Å². The van der Waals surface area contributed by atoms with E-state index in [0.717, 1.165) is 21.3 Å². The number of aromatic nitrogens is 2. The van der Waals surface area contributed by atoms with Crippen LogP contribution in [0.4, 0.5) is 5.82 Å². The number of nitrogens with zero attached hydrogens (tertiary/aromatic N) is 3. The summed E-state index contributed by atoms with van der Waals surface area (Å²) in [5.74, 6) is 1.52. The van der Waals surface area contributed by atoms with E-state index in [-0.39, 0.29) is 5.75 Å².